The summed E-state index contributed by atoms with van der Waals surface area (Å²) in [7, 11) is 1.88. The molecule has 0 saturated heterocycles. The summed E-state index contributed by atoms with van der Waals surface area (Å²) in [6.45, 7) is 0.502. The lowest BCUT2D eigenvalue weighted by Crippen LogP contribution is -2.24. The van der Waals surface area contributed by atoms with E-state index in [2.05, 4.69) is 19.9 Å². The normalized spacial score (nSPS) is 15.6. The van der Waals surface area contributed by atoms with E-state index in [0.29, 0.717) is 24.0 Å². The van der Waals surface area contributed by atoms with Crippen LogP contribution in [0.5, 0.6) is 0 Å². The number of fused-ring (bicyclic) bond motifs is 1. The number of rotatable bonds is 4. The Hall–Kier alpha value is -3.81. The van der Waals surface area contributed by atoms with Crippen LogP contribution in [0.1, 0.15) is 34.8 Å². The van der Waals surface area contributed by atoms with Gasteiger partial charge in [0.05, 0.1) is 12.2 Å². The number of amides is 1. The van der Waals surface area contributed by atoms with Crippen LogP contribution in [0, 0.1) is 0 Å². The molecule has 8 nitrogen and oxygen atoms in total. The number of nitrogens with zero attached hydrogens (tertiary/aromatic N) is 7. The third-order valence-corrected chi connectivity index (χ3v) is 5.68. The Morgan fingerprint density at radius 3 is 2.77 bits per heavy atom. The Morgan fingerprint density at radius 1 is 1.07 bits per heavy atom. The molecule has 0 atom stereocenters. The molecule has 8 heteroatoms. The minimum Gasteiger partial charge on any atom is -0.309 e. The van der Waals surface area contributed by atoms with Gasteiger partial charge < -0.3 is 4.57 Å². The standard InChI is InChI=1S/C22H19N7O/c1-27-10-9-18(26-27)14-5-6-15-12-28(22(30)17(15)11-14)20-4-2-3-19(24-20)21-25-23-13-29(21)16-7-8-16/h2-6,9-11,13,16H,7-8,12H2,1H3. The van der Waals surface area contributed by atoms with Gasteiger partial charge in [0.1, 0.15) is 17.8 Å². The molecule has 1 saturated carbocycles. The van der Waals surface area contributed by atoms with Gasteiger partial charge in [-0.3, -0.25) is 14.4 Å². The second kappa shape index (κ2) is 6.35. The van der Waals surface area contributed by atoms with Gasteiger partial charge in [0.15, 0.2) is 5.82 Å². The Bertz CT molecular complexity index is 1280. The van der Waals surface area contributed by atoms with Gasteiger partial charge in [0.2, 0.25) is 0 Å². The molecular weight excluding hydrogens is 378 g/mol. The molecule has 1 aliphatic heterocycles. The van der Waals surface area contributed by atoms with Gasteiger partial charge in [-0.25, -0.2) is 4.98 Å². The lowest BCUT2D eigenvalue weighted by Gasteiger charge is -2.15. The predicted octanol–water partition coefficient (Wildman–Crippen LogP) is 3.24. The van der Waals surface area contributed by atoms with Crippen LogP contribution in [0.25, 0.3) is 22.8 Å². The zero-order valence-corrected chi connectivity index (χ0v) is 16.4. The maximum absolute atomic E-state index is 13.2. The van der Waals surface area contributed by atoms with Crippen molar-refractivity contribution in [2.75, 3.05) is 4.90 Å². The summed E-state index contributed by atoms with van der Waals surface area (Å²) >= 11 is 0. The van der Waals surface area contributed by atoms with Crippen molar-refractivity contribution in [3.8, 4) is 22.8 Å². The van der Waals surface area contributed by atoms with Crippen LogP contribution < -0.4 is 4.90 Å². The molecule has 0 spiro atoms. The lowest BCUT2D eigenvalue weighted by molar-refractivity contribution is 0.0996. The first-order valence-corrected chi connectivity index (χ1v) is 9.99. The Morgan fingerprint density at radius 2 is 1.97 bits per heavy atom. The number of anilines is 1. The van der Waals surface area contributed by atoms with Crippen LogP contribution in [0.3, 0.4) is 0 Å². The highest BCUT2D eigenvalue weighted by Gasteiger charge is 2.31. The van der Waals surface area contributed by atoms with E-state index in [9.17, 15) is 4.79 Å². The molecule has 30 heavy (non-hydrogen) atoms. The number of pyridine rings is 1. The van der Waals surface area contributed by atoms with Crippen LogP contribution in [-0.4, -0.2) is 35.4 Å². The zero-order chi connectivity index (χ0) is 20.2. The van der Waals surface area contributed by atoms with Gasteiger partial charge >= 0.3 is 0 Å². The van der Waals surface area contributed by atoms with E-state index in [4.69, 9.17) is 4.98 Å². The maximum Gasteiger partial charge on any atom is 0.260 e. The van der Waals surface area contributed by atoms with Crippen LogP contribution in [0.2, 0.25) is 0 Å². The second-order valence-corrected chi connectivity index (χ2v) is 7.81. The molecule has 0 radical (unpaired) electrons. The number of benzene rings is 1. The second-order valence-electron chi connectivity index (χ2n) is 7.81. The highest BCUT2D eigenvalue weighted by atomic mass is 16.2. The van der Waals surface area contributed by atoms with Crippen molar-refractivity contribution in [2.24, 2.45) is 7.05 Å². The first-order valence-electron chi connectivity index (χ1n) is 9.99. The van der Waals surface area contributed by atoms with Crippen molar-refractivity contribution in [3.63, 3.8) is 0 Å². The summed E-state index contributed by atoms with van der Waals surface area (Å²) in [4.78, 5) is 19.7. The Labute approximate surface area is 172 Å². The number of aromatic nitrogens is 6. The topological polar surface area (TPSA) is 81.7 Å². The molecule has 1 aliphatic carbocycles. The molecule has 0 bridgehead atoms. The number of carbonyl (C=O) groups excluding carboxylic acids is 1. The fourth-order valence-electron chi connectivity index (χ4n) is 3.96. The third-order valence-electron chi connectivity index (χ3n) is 5.68. The summed E-state index contributed by atoms with van der Waals surface area (Å²) < 4.78 is 3.83. The minimum absolute atomic E-state index is 0.0453. The minimum atomic E-state index is -0.0453. The molecule has 148 valence electrons. The Kier molecular flexibility index (Phi) is 3.61. The van der Waals surface area contributed by atoms with E-state index in [1.807, 2.05) is 55.7 Å². The third kappa shape index (κ3) is 2.72. The lowest BCUT2D eigenvalue weighted by atomic mass is 10.0. The fourth-order valence-corrected chi connectivity index (χ4v) is 3.96. The smallest absolute Gasteiger partial charge is 0.260 e. The summed E-state index contributed by atoms with van der Waals surface area (Å²) in [5.74, 6) is 1.33. The monoisotopic (exact) mass is 397 g/mol. The van der Waals surface area contributed by atoms with Gasteiger partial charge in [-0.1, -0.05) is 18.2 Å². The fraction of sp³-hybridized carbons (Fsp3) is 0.227. The molecular formula is C22H19N7O. The van der Waals surface area contributed by atoms with Crippen molar-refractivity contribution in [2.45, 2.75) is 25.4 Å². The SMILES string of the molecule is Cn1ccc(-c2ccc3c(c2)C(=O)N(c2cccc(-c4nncn4C4CC4)n2)C3)n1. The molecule has 6 rings (SSSR count). The van der Waals surface area contributed by atoms with Crippen LogP contribution >= 0.6 is 0 Å². The van der Waals surface area contributed by atoms with E-state index < -0.39 is 0 Å². The van der Waals surface area contributed by atoms with Crippen molar-refractivity contribution < 1.29 is 4.79 Å². The molecule has 1 amide bonds. The van der Waals surface area contributed by atoms with Gasteiger partial charge in [0, 0.05) is 30.4 Å². The van der Waals surface area contributed by atoms with E-state index in [0.717, 1.165) is 41.2 Å². The van der Waals surface area contributed by atoms with E-state index in [1.54, 1.807) is 15.9 Å². The average Bonchev–Trinajstić information content (AvgIpc) is 3.18. The van der Waals surface area contributed by atoms with E-state index in [1.165, 1.54) is 0 Å². The number of aryl methyl sites for hydroxylation is 1. The highest BCUT2D eigenvalue weighted by Crippen LogP contribution is 2.37. The largest absolute Gasteiger partial charge is 0.309 e. The first-order chi connectivity index (χ1) is 14.7. The number of carbonyl (C=O) groups is 1. The molecule has 0 unspecified atom stereocenters. The van der Waals surface area contributed by atoms with Crippen molar-refractivity contribution in [3.05, 3.63) is 66.1 Å². The number of hydrogen-bond acceptors (Lipinski definition) is 5. The molecule has 1 aromatic carbocycles. The molecule has 4 aromatic rings. The molecule has 0 N–H and O–H groups in total. The van der Waals surface area contributed by atoms with Crippen molar-refractivity contribution in [1.29, 1.82) is 0 Å². The van der Waals surface area contributed by atoms with Gasteiger partial charge in [-0.2, -0.15) is 5.10 Å². The maximum atomic E-state index is 13.2. The summed E-state index contributed by atoms with van der Waals surface area (Å²) in [5.41, 5.74) is 4.21. The van der Waals surface area contributed by atoms with Crippen molar-refractivity contribution in [1.82, 2.24) is 29.5 Å². The van der Waals surface area contributed by atoms with E-state index >= 15 is 0 Å². The summed E-state index contributed by atoms with van der Waals surface area (Å²) in [6.07, 6.45) is 5.94. The first kappa shape index (κ1) is 17.1. The van der Waals surface area contributed by atoms with Crippen molar-refractivity contribution >= 4 is 11.7 Å². The Balaban J connectivity index is 1.33. The summed E-state index contributed by atoms with van der Waals surface area (Å²) in [6, 6.07) is 14.0. The molecule has 3 aromatic heterocycles. The van der Waals surface area contributed by atoms with Crippen LogP contribution in [-0.2, 0) is 13.6 Å². The molecule has 1 fully saturated rings. The highest BCUT2D eigenvalue weighted by molar-refractivity contribution is 6.10. The van der Waals surface area contributed by atoms with Gasteiger partial charge in [-0.05, 0) is 42.7 Å². The number of hydrogen-bond donors (Lipinski definition) is 0. The van der Waals surface area contributed by atoms with Gasteiger partial charge in [-0.15, -0.1) is 10.2 Å². The molecule has 2 aliphatic rings. The average molecular weight is 397 g/mol. The van der Waals surface area contributed by atoms with Crippen LogP contribution in [0.4, 0.5) is 5.82 Å². The predicted molar refractivity (Wildman–Crippen MR) is 111 cm³/mol. The quantitative estimate of drug-likeness (QED) is 0.528. The zero-order valence-electron chi connectivity index (χ0n) is 16.4. The molecule has 4 heterocycles. The summed E-state index contributed by atoms with van der Waals surface area (Å²) in [5, 5.41) is 12.8. The van der Waals surface area contributed by atoms with E-state index in [-0.39, 0.29) is 5.91 Å². The van der Waals surface area contributed by atoms with Gasteiger partial charge in [0.25, 0.3) is 5.91 Å². The van der Waals surface area contributed by atoms with Crippen LogP contribution in [0.15, 0.2) is 55.0 Å².